The quantitative estimate of drug-likeness (QED) is 0.800. The molecule has 1 rings (SSSR count). The van der Waals surface area contributed by atoms with E-state index in [9.17, 15) is 0 Å². The highest BCUT2D eigenvalue weighted by Crippen LogP contribution is 2.17. The molecule has 0 aliphatic rings. The standard InChI is InChI=1S/C9H17N3S/c1-7(2)13-6-8(10)9-11-4-5-12(9)3/h4-5,7-8H,6,10H2,1-3H3. The number of nitrogens with zero attached hydrogens (tertiary/aromatic N) is 2. The molecule has 0 aliphatic carbocycles. The normalized spacial score (nSPS) is 13.6. The van der Waals surface area contributed by atoms with Crippen LogP contribution in [0.1, 0.15) is 25.7 Å². The molecule has 0 radical (unpaired) electrons. The van der Waals surface area contributed by atoms with E-state index < -0.39 is 0 Å². The smallest absolute Gasteiger partial charge is 0.126 e. The topological polar surface area (TPSA) is 43.8 Å². The molecule has 0 saturated carbocycles. The van der Waals surface area contributed by atoms with Crippen molar-refractivity contribution in [3.63, 3.8) is 0 Å². The number of nitrogens with two attached hydrogens (primary N) is 1. The molecule has 0 spiro atoms. The van der Waals surface area contributed by atoms with E-state index in [1.54, 1.807) is 6.20 Å². The van der Waals surface area contributed by atoms with E-state index >= 15 is 0 Å². The summed E-state index contributed by atoms with van der Waals surface area (Å²) in [7, 11) is 1.97. The van der Waals surface area contributed by atoms with Crippen molar-refractivity contribution in [2.45, 2.75) is 25.1 Å². The minimum atomic E-state index is 0.0485. The Balaban J connectivity index is 2.49. The summed E-state index contributed by atoms with van der Waals surface area (Å²) in [6, 6.07) is 0.0485. The fourth-order valence-corrected chi connectivity index (χ4v) is 1.85. The van der Waals surface area contributed by atoms with Crippen LogP contribution in [0.25, 0.3) is 0 Å². The average molecular weight is 199 g/mol. The van der Waals surface area contributed by atoms with Crippen LogP contribution in [0.15, 0.2) is 12.4 Å². The van der Waals surface area contributed by atoms with Crippen LogP contribution in [0.2, 0.25) is 0 Å². The summed E-state index contributed by atoms with van der Waals surface area (Å²) in [6.07, 6.45) is 3.71. The molecule has 1 atom stereocenters. The summed E-state index contributed by atoms with van der Waals surface area (Å²) in [4.78, 5) is 4.22. The van der Waals surface area contributed by atoms with E-state index in [4.69, 9.17) is 5.73 Å². The summed E-state index contributed by atoms with van der Waals surface area (Å²) in [5.41, 5.74) is 5.98. The van der Waals surface area contributed by atoms with Gasteiger partial charge in [-0.25, -0.2) is 4.98 Å². The Morgan fingerprint density at radius 2 is 2.31 bits per heavy atom. The zero-order chi connectivity index (χ0) is 9.84. The second-order valence-corrected chi connectivity index (χ2v) is 4.99. The molecule has 2 N–H and O–H groups in total. The molecule has 1 unspecified atom stereocenters. The average Bonchev–Trinajstić information content (AvgIpc) is 2.47. The van der Waals surface area contributed by atoms with Crippen molar-refractivity contribution in [2.75, 3.05) is 5.75 Å². The molecule has 0 fully saturated rings. The van der Waals surface area contributed by atoms with E-state index in [-0.39, 0.29) is 6.04 Å². The maximum Gasteiger partial charge on any atom is 0.126 e. The van der Waals surface area contributed by atoms with Crippen LogP contribution in [0.3, 0.4) is 0 Å². The Bertz CT molecular complexity index is 257. The lowest BCUT2D eigenvalue weighted by atomic mass is 10.3. The first kappa shape index (κ1) is 10.6. The number of hydrogen-bond donors (Lipinski definition) is 1. The molecule has 1 aromatic heterocycles. The fraction of sp³-hybridized carbons (Fsp3) is 0.667. The molecule has 1 aromatic rings. The number of thioether (sulfide) groups is 1. The molecule has 3 nitrogen and oxygen atoms in total. The predicted octanol–water partition coefficient (Wildman–Crippen LogP) is 1.56. The first-order valence-electron chi connectivity index (χ1n) is 4.45. The van der Waals surface area contributed by atoms with Gasteiger partial charge in [-0.15, -0.1) is 0 Å². The Kier molecular flexibility index (Phi) is 3.81. The van der Waals surface area contributed by atoms with Crippen molar-refractivity contribution in [3.05, 3.63) is 18.2 Å². The summed E-state index contributed by atoms with van der Waals surface area (Å²) < 4.78 is 1.98. The predicted molar refractivity (Wildman–Crippen MR) is 57.7 cm³/mol. The van der Waals surface area contributed by atoms with E-state index in [1.165, 1.54) is 0 Å². The third-order valence-corrected chi connectivity index (χ3v) is 3.02. The second kappa shape index (κ2) is 4.67. The van der Waals surface area contributed by atoms with Crippen molar-refractivity contribution < 1.29 is 0 Å². The largest absolute Gasteiger partial charge is 0.337 e. The van der Waals surface area contributed by atoms with Gasteiger partial charge < -0.3 is 10.3 Å². The summed E-state index contributed by atoms with van der Waals surface area (Å²) in [5.74, 6) is 1.90. The van der Waals surface area contributed by atoms with Gasteiger partial charge >= 0.3 is 0 Å². The maximum atomic E-state index is 5.98. The Labute approximate surface area is 83.7 Å². The van der Waals surface area contributed by atoms with Crippen molar-refractivity contribution in [2.24, 2.45) is 12.8 Å². The molecule has 0 amide bonds. The van der Waals surface area contributed by atoms with E-state index in [1.807, 2.05) is 29.6 Å². The molecule has 74 valence electrons. The van der Waals surface area contributed by atoms with Crippen molar-refractivity contribution in [1.29, 1.82) is 0 Å². The van der Waals surface area contributed by atoms with E-state index in [2.05, 4.69) is 18.8 Å². The van der Waals surface area contributed by atoms with Crippen LogP contribution >= 0.6 is 11.8 Å². The molecular formula is C9H17N3S. The van der Waals surface area contributed by atoms with Gasteiger partial charge in [0, 0.05) is 25.2 Å². The fourth-order valence-electron chi connectivity index (χ4n) is 1.11. The molecule has 4 heteroatoms. The summed E-state index contributed by atoms with van der Waals surface area (Å²) in [5, 5.41) is 0.631. The highest BCUT2D eigenvalue weighted by molar-refractivity contribution is 7.99. The van der Waals surface area contributed by atoms with Gasteiger partial charge in [0.2, 0.25) is 0 Å². The summed E-state index contributed by atoms with van der Waals surface area (Å²) in [6.45, 7) is 4.35. The van der Waals surface area contributed by atoms with Gasteiger partial charge in [-0.05, 0) is 5.25 Å². The van der Waals surface area contributed by atoms with Crippen LogP contribution in [0.4, 0.5) is 0 Å². The lowest BCUT2D eigenvalue weighted by Crippen LogP contribution is -2.18. The van der Waals surface area contributed by atoms with Gasteiger partial charge in [0.1, 0.15) is 5.82 Å². The third-order valence-electron chi connectivity index (χ3n) is 1.80. The SMILES string of the molecule is CC(C)SCC(N)c1nccn1C. The van der Waals surface area contributed by atoms with E-state index in [0.29, 0.717) is 5.25 Å². The zero-order valence-electron chi connectivity index (χ0n) is 8.40. The Morgan fingerprint density at radius 1 is 1.62 bits per heavy atom. The van der Waals surface area contributed by atoms with Gasteiger partial charge in [-0.1, -0.05) is 13.8 Å². The van der Waals surface area contributed by atoms with Gasteiger partial charge in [-0.2, -0.15) is 11.8 Å². The minimum absolute atomic E-state index is 0.0485. The van der Waals surface area contributed by atoms with Gasteiger partial charge in [-0.3, -0.25) is 0 Å². The van der Waals surface area contributed by atoms with Gasteiger partial charge in [0.15, 0.2) is 0 Å². The molecule has 0 bridgehead atoms. The zero-order valence-corrected chi connectivity index (χ0v) is 9.21. The lowest BCUT2D eigenvalue weighted by Gasteiger charge is -2.12. The highest BCUT2D eigenvalue weighted by atomic mass is 32.2. The first-order valence-corrected chi connectivity index (χ1v) is 5.50. The van der Waals surface area contributed by atoms with Crippen LogP contribution in [0.5, 0.6) is 0 Å². The van der Waals surface area contributed by atoms with Crippen molar-refractivity contribution in [3.8, 4) is 0 Å². The Hall–Kier alpha value is -0.480. The molecule has 13 heavy (non-hydrogen) atoms. The number of imidazole rings is 1. The van der Waals surface area contributed by atoms with Gasteiger partial charge in [0.05, 0.1) is 6.04 Å². The highest BCUT2D eigenvalue weighted by Gasteiger charge is 2.10. The van der Waals surface area contributed by atoms with Crippen molar-refractivity contribution in [1.82, 2.24) is 9.55 Å². The van der Waals surface area contributed by atoms with Crippen LogP contribution in [-0.2, 0) is 7.05 Å². The molecule has 0 aromatic carbocycles. The van der Waals surface area contributed by atoms with Crippen molar-refractivity contribution >= 4 is 11.8 Å². The molecular weight excluding hydrogens is 182 g/mol. The molecule has 0 saturated heterocycles. The molecule has 0 aliphatic heterocycles. The first-order chi connectivity index (χ1) is 6.11. The van der Waals surface area contributed by atoms with Gasteiger partial charge in [0.25, 0.3) is 0 Å². The number of rotatable bonds is 4. The second-order valence-electron chi connectivity index (χ2n) is 3.38. The third kappa shape index (κ3) is 3.04. The number of hydrogen-bond acceptors (Lipinski definition) is 3. The minimum Gasteiger partial charge on any atom is -0.337 e. The van der Waals surface area contributed by atoms with Crippen LogP contribution in [0, 0.1) is 0 Å². The van der Waals surface area contributed by atoms with Crippen LogP contribution in [-0.4, -0.2) is 20.6 Å². The monoisotopic (exact) mass is 199 g/mol. The number of aromatic nitrogens is 2. The maximum absolute atomic E-state index is 5.98. The lowest BCUT2D eigenvalue weighted by molar-refractivity contribution is 0.693. The Morgan fingerprint density at radius 3 is 2.77 bits per heavy atom. The number of aryl methyl sites for hydroxylation is 1. The summed E-state index contributed by atoms with van der Waals surface area (Å²) >= 11 is 1.87. The van der Waals surface area contributed by atoms with E-state index in [0.717, 1.165) is 11.6 Å². The van der Waals surface area contributed by atoms with Crippen LogP contribution < -0.4 is 5.73 Å². The molecule has 1 heterocycles.